The molecule has 2 heterocycles. The first kappa shape index (κ1) is 18.5. The highest BCUT2D eigenvalue weighted by Crippen LogP contribution is 2.23. The van der Waals surface area contributed by atoms with Gasteiger partial charge < -0.3 is 5.32 Å². The monoisotopic (exact) mass is 378 g/mol. The van der Waals surface area contributed by atoms with Crippen molar-refractivity contribution in [1.29, 1.82) is 0 Å². The number of rotatable bonds is 4. The van der Waals surface area contributed by atoms with Gasteiger partial charge in [0.2, 0.25) is 15.9 Å². The Morgan fingerprint density at radius 2 is 1.88 bits per heavy atom. The van der Waals surface area contributed by atoms with Gasteiger partial charge in [-0.05, 0) is 31.0 Å². The van der Waals surface area contributed by atoms with Crippen LogP contribution in [0.4, 0.5) is 5.69 Å². The van der Waals surface area contributed by atoms with E-state index in [1.807, 2.05) is 0 Å². The van der Waals surface area contributed by atoms with Crippen molar-refractivity contribution in [3.05, 3.63) is 24.3 Å². The van der Waals surface area contributed by atoms with Gasteiger partial charge in [-0.15, -0.1) is 0 Å². The molecule has 0 atom stereocenters. The molecular weight excluding hydrogens is 356 g/mol. The number of hydrogen-bond acceptors (Lipinski definition) is 5. The summed E-state index contributed by atoms with van der Waals surface area (Å²) >= 11 is 0. The fourth-order valence-corrected chi connectivity index (χ4v) is 4.59. The van der Waals surface area contributed by atoms with Gasteiger partial charge in [0, 0.05) is 38.7 Å². The van der Waals surface area contributed by atoms with Crippen molar-refractivity contribution >= 4 is 33.2 Å². The van der Waals surface area contributed by atoms with E-state index in [4.69, 9.17) is 0 Å². The summed E-state index contributed by atoms with van der Waals surface area (Å²) in [5, 5.41) is 7.79. The lowest BCUT2D eigenvalue weighted by molar-refractivity contribution is -0.130. The normalized spacial score (nSPS) is 19.2. The van der Waals surface area contributed by atoms with E-state index in [-0.39, 0.29) is 29.4 Å². The van der Waals surface area contributed by atoms with E-state index in [0.29, 0.717) is 18.8 Å². The van der Waals surface area contributed by atoms with Gasteiger partial charge in [-0.1, -0.05) is 12.5 Å². The molecule has 0 unspecified atom stereocenters. The molecule has 1 aromatic rings. The van der Waals surface area contributed by atoms with E-state index in [2.05, 4.69) is 10.4 Å². The quantitative estimate of drug-likeness (QED) is 0.856. The second-order valence-electron chi connectivity index (χ2n) is 6.41. The predicted molar refractivity (Wildman–Crippen MR) is 97.1 cm³/mol. The SMILES string of the molecule is CN1N=C(C(=O)Nc2cccc(S(=O)(=O)N3CCCCC3)c2)CCC1=O. The molecule has 0 aliphatic carbocycles. The third-order valence-corrected chi connectivity index (χ3v) is 6.41. The lowest BCUT2D eigenvalue weighted by Crippen LogP contribution is -2.35. The highest BCUT2D eigenvalue weighted by atomic mass is 32.2. The Morgan fingerprint density at radius 3 is 2.58 bits per heavy atom. The van der Waals surface area contributed by atoms with Gasteiger partial charge in [-0.2, -0.15) is 9.41 Å². The standard InChI is InChI=1S/C17H22N4O4S/c1-20-16(22)9-8-15(19-20)17(23)18-13-6-5-7-14(12-13)26(24,25)21-10-3-2-4-11-21/h5-7,12H,2-4,8-11H2,1H3,(H,18,23). The molecule has 0 spiro atoms. The van der Waals surface area contributed by atoms with Gasteiger partial charge in [-0.3, -0.25) is 9.59 Å². The van der Waals surface area contributed by atoms with Gasteiger partial charge in [0.1, 0.15) is 5.71 Å². The molecule has 3 rings (SSSR count). The van der Waals surface area contributed by atoms with Crippen LogP contribution in [0, 0.1) is 0 Å². The summed E-state index contributed by atoms with van der Waals surface area (Å²) in [6, 6.07) is 6.22. The van der Waals surface area contributed by atoms with Crippen LogP contribution in [0.3, 0.4) is 0 Å². The second kappa shape index (κ2) is 7.55. The van der Waals surface area contributed by atoms with Gasteiger partial charge in [0.15, 0.2) is 0 Å². The highest BCUT2D eigenvalue weighted by molar-refractivity contribution is 7.89. The average molecular weight is 378 g/mol. The first-order valence-corrected chi connectivity index (χ1v) is 10.1. The maximum atomic E-state index is 12.8. The summed E-state index contributed by atoms with van der Waals surface area (Å²) in [5.41, 5.74) is 0.631. The summed E-state index contributed by atoms with van der Waals surface area (Å²) in [5.74, 6) is -0.576. The molecule has 2 amide bonds. The van der Waals surface area contributed by atoms with Crippen molar-refractivity contribution in [3.8, 4) is 0 Å². The van der Waals surface area contributed by atoms with E-state index in [0.717, 1.165) is 24.3 Å². The maximum absolute atomic E-state index is 12.8. The van der Waals surface area contributed by atoms with Crippen molar-refractivity contribution < 1.29 is 18.0 Å². The van der Waals surface area contributed by atoms with Crippen LogP contribution < -0.4 is 5.32 Å². The zero-order valence-electron chi connectivity index (χ0n) is 14.6. The van der Waals surface area contributed by atoms with Crippen LogP contribution in [-0.2, 0) is 19.6 Å². The average Bonchev–Trinajstić information content (AvgIpc) is 2.65. The van der Waals surface area contributed by atoms with Crippen molar-refractivity contribution in [2.24, 2.45) is 5.10 Å². The molecule has 8 nitrogen and oxygen atoms in total. The Morgan fingerprint density at radius 1 is 1.15 bits per heavy atom. The molecule has 9 heteroatoms. The van der Waals surface area contributed by atoms with E-state index >= 15 is 0 Å². The summed E-state index contributed by atoms with van der Waals surface area (Å²) in [7, 11) is -2.06. The number of carbonyl (C=O) groups excluding carboxylic acids is 2. The minimum Gasteiger partial charge on any atom is -0.321 e. The van der Waals surface area contributed by atoms with E-state index in [9.17, 15) is 18.0 Å². The third kappa shape index (κ3) is 3.94. The number of benzene rings is 1. The molecule has 0 saturated carbocycles. The zero-order valence-corrected chi connectivity index (χ0v) is 15.5. The number of anilines is 1. The third-order valence-electron chi connectivity index (χ3n) is 4.51. The van der Waals surface area contributed by atoms with Crippen LogP contribution in [-0.4, -0.2) is 55.4 Å². The Hall–Kier alpha value is -2.26. The summed E-state index contributed by atoms with van der Waals surface area (Å²) < 4.78 is 27.0. The number of piperidine rings is 1. The lowest BCUT2D eigenvalue weighted by atomic mass is 10.1. The molecule has 1 N–H and O–H groups in total. The second-order valence-corrected chi connectivity index (χ2v) is 8.35. The lowest BCUT2D eigenvalue weighted by Gasteiger charge is -2.26. The van der Waals surface area contributed by atoms with Crippen LogP contribution in [0.1, 0.15) is 32.1 Å². The highest BCUT2D eigenvalue weighted by Gasteiger charge is 2.26. The number of hydrogen-bond donors (Lipinski definition) is 1. The number of nitrogens with zero attached hydrogens (tertiary/aromatic N) is 3. The molecule has 1 aromatic carbocycles. The van der Waals surface area contributed by atoms with Crippen LogP contribution in [0.5, 0.6) is 0 Å². The van der Waals surface area contributed by atoms with E-state index < -0.39 is 15.9 Å². The molecule has 2 aliphatic heterocycles. The smallest absolute Gasteiger partial charge is 0.271 e. The Kier molecular flexibility index (Phi) is 5.38. The molecule has 0 bridgehead atoms. The van der Waals surface area contributed by atoms with Crippen molar-refractivity contribution in [2.45, 2.75) is 37.0 Å². The van der Waals surface area contributed by atoms with Gasteiger partial charge in [-0.25, -0.2) is 13.4 Å². The molecule has 2 aliphatic rings. The number of amides is 2. The van der Waals surface area contributed by atoms with Gasteiger partial charge in [0.25, 0.3) is 5.91 Å². The van der Waals surface area contributed by atoms with E-state index in [1.54, 1.807) is 12.1 Å². The molecule has 0 radical (unpaired) electrons. The summed E-state index contributed by atoms with van der Waals surface area (Å²) in [6.07, 6.45) is 3.26. The van der Waals surface area contributed by atoms with Crippen molar-refractivity contribution in [1.82, 2.24) is 9.31 Å². The number of hydrazone groups is 1. The molecular formula is C17H22N4O4S. The fourth-order valence-electron chi connectivity index (χ4n) is 3.02. The Balaban J connectivity index is 1.76. The molecule has 26 heavy (non-hydrogen) atoms. The molecule has 140 valence electrons. The first-order chi connectivity index (χ1) is 12.4. The summed E-state index contributed by atoms with van der Waals surface area (Å²) in [6.45, 7) is 1.05. The minimum atomic E-state index is -3.56. The van der Waals surface area contributed by atoms with Gasteiger partial charge >= 0.3 is 0 Å². The van der Waals surface area contributed by atoms with E-state index in [1.165, 1.54) is 23.5 Å². The first-order valence-electron chi connectivity index (χ1n) is 8.63. The van der Waals surface area contributed by atoms with Crippen LogP contribution in [0.15, 0.2) is 34.3 Å². The number of sulfonamides is 1. The zero-order chi connectivity index (χ0) is 18.7. The van der Waals surface area contributed by atoms with Gasteiger partial charge in [0.05, 0.1) is 4.90 Å². The summed E-state index contributed by atoms with van der Waals surface area (Å²) in [4.78, 5) is 23.9. The van der Waals surface area contributed by atoms with Crippen LogP contribution >= 0.6 is 0 Å². The largest absolute Gasteiger partial charge is 0.321 e. The van der Waals surface area contributed by atoms with Crippen LogP contribution in [0.2, 0.25) is 0 Å². The number of carbonyl (C=O) groups is 2. The topological polar surface area (TPSA) is 99.2 Å². The molecule has 1 fully saturated rings. The van der Waals surface area contributed by atoms with Crippen molar-refractivity contribution in [2.75, 3.05) is 25.5 Å². The maximum Gasteiger partial charge on any atom is 0.271 e. The Bertz CT molecular complexity index is 844. The Labute approximate surface area is 152 Å². The van der Waals surface area contributed by atoms with Crippen LogP contribution in [0.25, 0.3) is 0 Å². The molecule has 0 aromatic heterocycles. The fraction of sp³-hybridized carbons (Fsp3) is 0.471. The predicted octanol–water partition coefficient (Wildman–Crippen LogP) is 1.41. The molecule has 1 saturated heterocycles. The minimum absolute atomic E-state index is 0.142. The van der Waals surface area contributed by atoms with Crippen molar-refractivity contribution in [3.63, 3.8) is 0 Å². The number of nitrogens with one attached hydrogen (secondary N) is 1.